The highest BCUT2D eigenvalue weighted by atomic mass is 35.5. The van der Waals surface area contributed by atoms with Crippen molar-refractivity contribution in [3.63, 3.8) is 0 Å². The molecule has 0 fully saturated rings. The van der Waals surface area contributed by atoms with Gasteiger partial charge in [-0.15, -0.1) is 0 Å². The van der Waals surface area contributed by atoms with E-state index in [0.717, 1.165) is 16.7 Å². The van der Waals surface area contributed by atoms with Crippen LogP contribution in [0.15, 0.2) is 72.8 Å². The van der Waals surface area contributed by atoms with E-state index in [1.54, 1.807) is 48.5 Å². The van der Waals surface area contributed by atoms with E-state index in [1.807, 2.05) is 24.3 Å². The van der Waals surface area contributed by atoms with Crippen molar-refractivity contribution in [2.75, 3.05) is 0 Å². The van der Waals surface area contributed by atoms with Crippen LogP contribution in [-0.4, -0.2) is 22.8 Å². The molecule has 1 aliphatic heterocycles. The summed E-state index contributed by atoms with van der Waals surface area (Å²) in [4.78, 5) is 27.9. The molecule has 0 saturated heterocycles. The Bertz CT molecular complexity index is 1170. The summed E-state index contributed by atoms with van der Waals surface area (Å²) in [6, 6.07) is 22.7. The minimum absolute atomic E-state index is 0.0663. The summed E-state index contributed by atoms with van der Waals surface area (Å²) in [6.07, 6.45) is 0.374. The van der Waals surface area contributed by atoms with Gasteiger partial charge in [0.15, 0.2) is 0 Å². The van der Waals surface area contributed by atoms with E-state index in [0.29, 0.717) is 29.1 Å². The van der Waals surface area contributed by atoms with Gasteiger partial charge in [-0.05, 0) is 41.0 Å². The Morgan fingerprint density at radius 3 is 2.39 bits per heavy atom. The molecule has 6 heteroatoms. The van der Waals surface area contributed by atoms with E-state index in [2.05, 4.69) is 6.07 Å². The molecule has 0 spiro atoms. The SMILES string of the molecule is N#Cc1ccc(COC(=O)C2Cc3ccccc3CN2C(=O)c2ccccc2Cl)cc1. The second kappa shape index (κ2) is 9.03. The van der Waals surface area contributed by atoms with Gasteiger partial charge in [-0.3, -0.25) is 4.79 Å². The molecule has 1 amide bonds. The Balaban J connectivity index is 1.57. The molecule has 0 aliphatic carbocycles. The highest BCUT2D eigenvalue weighted by Gasteiger charge is 2.36. The number of nitrogens with zero attached hydrogens (tertiary/aromatic N) is 2. The lowest BCUT2D eigenvalue weighted by Gasteiger charge is -2.35. The van der Waals surface area contributed by atoms with Crippen molar-refractivity contribution >= 4 is 23.5 Å². The monoisotopic (exact) mass is 430 g/mol. The lowest BCUT2D eigenvalue weighted by Crippen LogP contribution is -2.49. The van der Waals surface area contributed by atoms with Crippen molar-refractivity contribution in [2.24, 2.45) is 0 Å². The van der Waals surface area contributed by atoms with Gasteiger partial charge in [-0.25, -0.2) is 4.79 Å². The molecule has 1 atom stereocenters. The molecule has 1 aliphatic rings. The van der Waals surface area contributed by atoms with Crippen LogP contribution in [0.4, 0.5) is 0 Å². The van der Waals surface area contributed by atoms with Gasteiger partial charge in [0, 0.05) is 13.0 Å². The molecule has 0 saturated carbocycles. The van der Waals surface area contributed by atoms with Crippen LogP contribution in [0.2, 0.25) is 5.02 Å². The molecule has 0 N–H and O–H groups in total. The van der Waals surface area contributed by atoms with Crippen molar-refractivity contribution in [3.8, 4) is 6.07 Å². The topological polar surface area (TPSA) is 70.4 Å². The summed E-state index contributed by atoms with van der Waals surface area (Å²) in [6.45, 7) is 0.369. The fourth-order valence-corrected chi connectivity index (χ4v) is 3.88. The summed E-state index contributed by atoms with van der Waals surface area (Å²) in [5.74, 6) is -0.778. The molecule has 4 rings (SSSR count). The molecule has 154 valence electrons. The van der Waals surface area contributed by atoms with Crippen molar-refractivity contribution in [1.82, 2.24) is 4.90 Å². The Kier molecular flexibility index (Phi) is 6.01. The Labute approximate surface area is 185 Å². The van der Waals surface area contributed by atoms with Crippen molar-refractivity contribution in [2.45, 2.75) is 25.6 Å². The number of carbonyl (C=O) groups is 2. The van der Waals surface area contributed by atoms with Crippen LogP contribution in [-0.2, 0) is 29.1 Å². The van der Waals surface area contributed by atoms with Gasteiger partial charge in [-0.2, -0.15) is 5.26 Å². The smallest absolute Gasteiger partial charge is 0.329 e. The van der Waals surface area contributed by atoms with Crippen LogP contribution in [0.25, 0.3) is 0 Å². The van der Waals surface area contributed by atoms with Gasteiger partial charge in [-0.1, -0.05) is 60.1 Å². The van der Waals surface area contributed by atoms with Crippen LogP contribution in [0.3, 0.4) is 0 Å². The number of rotatable bonds is 4. The number of ether oxygens (including phenoxy) is 1. The third-order valence-corrected chi connectivity index (χ3v) is 5.68. The fraction of sp³-hybridized carbons (Fsp3) is 0.160. The first-order valence-electron chi connectivity index (χ1n) is 9.85. The van der Waals surface area contributed by atoms with Crippen LogP contribution in [0, 0.1) is 11.3 Å². The van der Waals surface area contributed by atoms with Gasteiger partial charge >= 0.3 is 5.97 Å². The number of esters is 1. The predicted octanol–water partition coefficient (Wildman–Crippen LogP) is 4.52. The number of carbonyl (C=O) groups excluding carboxylic acids is 2. The minimum Gasteiger partial charge on any atom is -0.459 e. The van der Waals surface area contributed by atoms with E-state index in [-0.39, 0.29) is 12.5 Å². The lowest BCUT2D eigenvalue weighted by molar-refractivity contribution is -0.151. The predicted molar refractivity (Wildman–Crippen MR) is 116 cm³/mol. The zero-order valence-electron chi connectivity index (χ0n) is 16.6. The van der Waals surface area contributed by atoms with Gasteiger partial charge in [0.2, 0.25) is 0 Å². The molecule has 1 heterocycles. The Morgan fingerprint density at radius 2 is 1.68 bits per heavy atom. The molecule has 0 aromatic heterocycles. The third-order valence-electron chi connectivity index (χ3n) is 5.35. The number of fused-ring (bicyclic) bond motifs is 1. The van der Waals surface area contributed by atoms with E-state index in [4.69, 9.17) is 21.6 Å². The Morgan fingerprint density at radius 1 is 1.00 bits per heavy atom. The number of nitriles is 1. The molecular weight excluding hydrogens is 412 g/mol. The maximum absolute atomic E-state index is 13.3. The number of amides is 1. The highest BCUT2D eigenvalue weighted by Crippen LogP contribution is 2.28. The number of hydrogen-bond donors (Lipinski definition) is 0. The van der Waals surface area contributed by atoms with E-state index in [1.165, 1.54) is 4.90 Å². The van der Waals surface area contributed by atoms with Gasteiger partial charge in [0.1, 0.15) is 12.6 Å². The summed E-state index contributed by atoms with van der Waals surface area (Å²) in [7, 11) is 0. The molecule has 1 unspecified atom stereocenters. The average Bonchev–Trinajstić information content (AvgIpc) is 2.82. The summed E-state index contributed by atoms with van der Waals surface area (Å²) in [5.41, 5.74) is 3.68. The van der Waals surface area contributed by atoms with E-state index >= 15 is 0 Å². The first-order valence-corrected chi connectivity index (χ1v) is 10.2. The minimum atomic E-state index is -0.753. The maximum Gasteiger partial charge on any atom is 0.329 e. The summed E-state index contributed by atoms with van der Waals surface area (Å²) in [5, 5.41) is 9.25. The Hall–Kier alpha value is -3.62. The molecule has 3 aromatic carbocycles. The average molecular weight is 431 g/mol. The maximum atomic E-state index is 13.3. The van der Waals surface area contributed by atoms with Crippen LogP contribution >= 0.6 is 11.6 Å². The van der Waals surface area contributed by atoms with Crippen molar-refractivity contribution in [3.05, 3.63) is 106 Å². The molecular formula is C25H19ClN2O3. The van der Waals surface area contributed by atoms with Crippen LogP contribution < -0.4 is 0 Å². The number of hydrogen-bond acceptors (Lipinski definition) is 4. The quantitative estimate of drug-likeness (QED) is 0.570. The lowest BCUT2D eigenvalue weighted by atomic mass is 9.93. The largest absolute Gasteiger partial charge is 0.459 e. The van der Waals surface area contributed by atoms with Crippen LogP contribution in [0.1, 0.15) is 32.6 Å². The molecule has 31 heavy (non-hydrogen) atoms. The van der Waals surface area contributed by atoms with Gasteiger partial charge in [0.25, 0.3) is 5.91 Å². The number of halogens is 1. The van der Waals surface area contributed by atoms with Gasteiger partial charge < -0.3 is 9.64 Å². The van der Waals surface area contributed by atoms with Crippen LogP contribution in [0.5, 0.6) is 0 Å². The number of benzene rings is 3. The van der Waals surface area contributed by atoms with Crippen molar-refractivity contribution in [1.29, 1.82) is 5.26 Å². The van der Waals surface area contributed by atoms with E-state index < -0.39 is 12.0 Å². The second-order valence-electron chi connectivity index (χ2n) is 7.32. The third kappa shape index (κ3) is 4.45. The van der Waals surface area contributed by atoms with E-state index in [9.17, 15) is 9.59 Å². The molecule has 0 bridgehead atoms. The van der Waals surface area contributed by atoms with Crippen molar-refractivity contribution < 1.29 is 14.3 Å². The highest BCUT2D eigenvalue weighted by molar-refractivity contribution is 6.33. The standard InChI is InChI=1S/C25H19ClN2O3/c26-22-8-4-3-7-21(22)24(29)28-15-20-6-2-1-5-19(20)13-23(28)25(30)31-16-18-11-9-17(14-27)10-12-18/h1-12,23H,13,15-16H2. The second-order valence-corrected chi connectivity index (χ2v) is 7.73. The summed E-state index contributed by atoms with van der Waals surface area (Å²) >= 11 is 6.25. The fourth-order valence-electron chi connectivity index (χ4n) is 3.66. The molecule has 5 nitrogen and oxygen atoms in total. The zero-order valence-corrected chi connectivity index (χ0v) is 17.4. The molecule has 0 radical (unpaired) electrons. The zero-order chi connectivity index (χ0) is 21.8. The summed E-state index contributed by atoms with van der Waals surface area (Å²) < 4.78 is 5.55. The molecule has 3 aromatic rings. The first-order chi connectivity index (χ1) is 15.1. The first kappa shape index (κ1) is 20.6. The normalized spacial score (nSPS) is 15.0. The van der Waals surface area contributed by atoms with Gasteiger partial charge in [0.05, 0.1) is 22.2 Å².